The zero-order valence-corrected chi connectivity index (χ0v) is 35.2. The van der Waals surface area contributed by atoms with Gasteiger partial charge in [0.05, 0.1) is 13.2 Å². The van der Waals surface area contributed by atoms with Crippen LogP contribution in [0, 0.1) is 0 Å². The second-order valence-corrected chi connectivity index (χ2v) is 15.1. The Morgan fingerprint density at radius 3 is 1.56 bits per heavy atom. The number of carbonyl (C=O) groups is 4. The summed E-state index contributed by atoms with van der Waals surface area (Å²) in [6.07, 6.45) is 46.3. The molecule has 9 heteroatoms. The van der Waals surface area contributed by atoms with E-state index in [4.69, 9.17) is 14.9 Å². The second kappa shape index (κ2) is 40.7. The summed E-state index contributed by atoms with van der Waals surface area (Å²) in [7, 11) is 0. The van der Waals surface area contributed by atoms with E-state index in [0.29, 0.717) is 12.8 Å². The second-order valence-electron chi connectivity index (χ2n) is 15.1. The van der Waals surface area contributed by atoms with Crippen molar-refractivity contribution in [1.82, 2.24) is 10.6 Å². The molecule has 0 rings (SSSR count). The van der Waals surface area contributed by atoms with Gasteiger partial charge in [-0.15, -0.1) is 0 Å². The Bertz CT molecular complexity index is 1030. The average molecular weight is 775 g/mol. The van der Waals surface area contributed by atoms with Crippen molar-refractivity contribution in [3.8, 4) is 0 Å². The summed E-state index contributed by atoms with van der Waals surface area (Å²) in [4.78, 5) is 47.5. The number of esters is 1. The lowest BCUT2D eigenvalue weighted by atomic mass is 10.1. The first-order valence-electron chi connectivity index (χ1n) is 22.4. The number of aliphatic carboxylic acids is 1. The van der Waals surface area contributed by atoms with Crippen LogP contribution in [0.1, 0.15) is 206 Å². The number of rotatable bonds is 40. The number of carboxylic acid groups (broad SMARTS) is 1. The van der Waals surface area contributed by atoms with Gasteiger partial charge in [-0.3, -0.25) is 14.4 Å². The van der Waals surface area contributed by atoms with Crippen molar-refractivity contribution in [2.24, 2.45) is 0 Å². The van der Waals surface area contributed by atoms with Crippen LogP contribution in [0.5, 0.6) is 0 Å². The van der Waals surface area contributed by atoms with Gasteiger partial charge in [0.15, 0.2) is 0 Å². The topological polar surface area (TPSA) is 142 Å². The van der Waals surface area contributed by atoms with Crippen molar-refractivity contribution in [2.45, 2.75) is 219 Å². The molecule has 0 aliphatic carbocycles. The van der Waals surface area contributed by atoms with Crippen LogP contribution in [-0.2, 0) is 23.9 Å². The molecule has 0 radical (unpaired) electrons. The molecule has 0 spiro atoms. The summed E-state index contributed by atoms with van der Waals surface area (Å²) < 4.78 is 5.90. The lowest BCUT2D eigenvalue weighted by Crippen LogP contribution is -2.47. The van der Waals surface area contributed by atoms with Gasteiger partial charge in [-0.05, 0) is 76.7 Å². The fourth-order valence-electron chi connectivity index (χ4n) is 6.36. The van der Waals surface area contributed by atoms with Gasteiger partial charge in [-0.2, -0.15) is 0 Å². The van der Waals surface area contributed by atoms with Gasteiger partial charge < -0.3 is 25.6 Å². The summed E-state index contributed by atoms with van der Waals surface area (Å²) in [6, 6.07) is -1.39. The molecule has 0 aliphatic rings. The summed E-state index contributed by atoms with van der Waals surface area (Å²) in [5, 5.41) is 22.5. The number of hydrogen-bond donors (Lipinski definition) is 4. The molecular formula is C46H82N2O7. The van der Waals surface area contributed by atoms with Crippen LogP contribution in [0.25, 0.3) is 0 Å². The molecule has 0 aromatic heterocycles. The molecule has 0 aromatic rings. The third kappa shape index (κ3) is 37.7. The molecule has 9 nitrogen and oxygen atoms in total. The highest BCUT2D eigenvalue weighted by Crippen LogP contribution is 2.16. The van der Waals surface area contributed by atoms with Crippen LogP contribution >= 0.6 is 0 Å². The minimum atomic E-state index is -1.39. The van der Waals surface area contributed by atoms with Gasteiger partial charge in [0.1, 0.15) is 12.1 Å². The Morgan fingerprint density at radius 2 is 1.04 bits per heavy atom. The predicted octanol–water partition coefficient (Wildman–Crippen LogP) is 11.0. The van der Waals surface area contributed by atoms with Crippen LogP contribution in [-0.4, -0.2) is 59.3 Å². The van der Waals surface area contributed by atoms with Crippen molar-refractivity contribution < 1.29 is 34.1 Å². The first-order valence-corrected chi connectivity index (χ1v) is 22.4. The molecule has 0 aliphatic heterocycles. The van der Waals surface area contributed by atoms with Crippen LogP contribution in [0.15, 0.2) is 36.5 Å². The lowest BCUT2D eigenvalue weighted by molar-refractivity contribution is -0.147. The Morgan fingerprint density at radius 1 is 0.564 bits per heavy atom. The number of unbranched alkanes of at least 4 members (excludes halogenated alkanes) is 22. The lowest BCUT2D eigenvalue weighted by Gasteiger charge is -2.15. The normalized spacial score (nSPS) is 12.8. The SMILES string of the molecule is CCCCCCC/C=C\C/C=C\CCCCCCCCCCCC(=O)OC(/C=C\CCCCCCC)CCCCCCC(=O)NCC(=O)NC(CO)C(=O)O. The van der Waals surface area contributed by atoms with E-state index in [1.165, 1.54) is 116 Å². The molecule has 0 fully saturated rings. The van der Waals surface area contributed by atoms with Gasteiger partial charge in [0, 0.05) is 12.8 Å². The number of nitrogens with one attached hydrogen (secondary N) is 2. The van der Waals surface area contributed by atoms with Crippen molar-refractivity contribution in [1.29, 1.82) is 0 Å². The standard InChI is InChI=1S/C46H82N2O7/c1-3-5-7-9-11-12-13-14-15-16-17-18-19-20-21-22-23-24-26-28-34-38-45(52)55-41(35-31-27-25-10-8-6-4-2)36-32-29-30-33-37-43(50)47-39-44(51)48-42(40-49)46(53)54/h13-14,16-17,31,35,41-42,49H,3-12,15,18-30,32-34,36-40H2,1-2H3,(H,47,50)(H,48,51)(H,53,54)/b14-13-,17-16-,35-31-. The summed E-state index contributed by atoms with van der Waals surface area (Å²) in [6.45, 7) is 3.42. The summed E-state index contributed by atoms with van der Waals surface area (Å²) in [5.41, 5.74) is 0. The number of carbonyl (C=O) groups excluding carboxylic acids is 3. The molecule has 2 atom stereocenters. The van der Waals surface area contributed by atoms with Gasteiger partial charge >= 0.3 is 11.9 Å². The van der Waals surface area contributed by atoms with Crippen molar-refractivity contribution in [2.75, 3.05) is 13.2 Å². The zero-order valence-electron chi connectivity index (χ0n) is 35.2. The zero-order chi connectivity index (χ0) is 40.5. The van der Waals surface area contributed by atoms with E-state index in [1.54, 1.807) is 0 Å². The number of carboxylic acids is 1. The third-order valence-electron chi connectivity index (χ3n) is 9.84. The Labute approximate surface area is 336 Å². The number of aliphatic hydroxyl groups is 1. The monoisotopic (exact) mass is 775 g/mol. The van der Waals surface area contributed by atoms with Crippen LogP contribution in [0.4, 0.5) is 0 Å². The van der Waals surface area contributed by atoms with Crippen molar-refractivity contribution in [3.63, 3.8) is 0 Å². The van der Waals surface area contributed by atoms with Gasteiger partial charge in [-0.25, -0.2) is 4.79 Å². The maximum absolute atomic E-state index is 12.7. The molecule has 0 saturated carbocycles. The van der Waals surface area contributed by atoms with Gasteiger partial charge in [0.2, 0.25) is 11.8 Å². The van der Waals surface area contributed by atoms with Crippen LogP contribution in [0.2, 0.25) is 0 Å². The summed E-state index contributed by atoms with van der Waals surface area (Å²) in [5.74, 6) is -2.40. The van der Waals surface area contributed by atoms with Crippen LogP contribution < -0.4 is 10.6 Å². The highest BCUT2D eigenvalue weighted by atomic mass is 16.5. The van der Waals surface area contributed by atoms with E-state index in [1.807, 2.05) is 0 Å². The molecule has 0 heterocycles. The minimum Gasteiger partial charge on any atom is -0.480 e. The van der Waals surface area contributed by atoms with E-state index in [0.717, 1.165) is 57.8 Å². The first-order chi connectivity index (χ1) is 26.8. The van der Waals surface area contributed by atoms with E-state index in [9.17, 15) is 19.2 Å². The van der Waals surface area contributed by atoms with Crippen molar-refractivity contribution in [3.05, 3.63) is 36.5 Å². The fraction of sp³-hybridized carbons (Fsp3) is 0.783. The quantitative estimate of drug-likeness (QED) is 0.0276. The van der Waals surface area contributed by atoms with E-state index < -0.39 is 24.5 Å². The highest BCUT2D eigenvalue weighted by molar-refractivity contribution is 5.87. The molecule has 55 heavy (non-hydrogen) atoms. The Kier molecular flexibility index (Phi) is 38.5. The van der Waals surface area contributed by atoms with E-state index >= 15 is 0 Å². The number of aliphatic hydroxyl groups excluding tert-OH is 1. The number of allylic oxidation sites excluding steroid dienone is 5. The maximum atomic E-state index is 12.7. The van der Waals surface area contributed by atoms with Crippen molar-refractivity contribution >= 4 is 23.8 Å². The van der Waals surface area contributed by atoms with E-state index in [-0.39, 0.29) is 30.9 Å². The molecule has 4 N–H and O–H groups in total. The Balaban J connectivity index is 4.13. The Hall–Kier alpha value is -2.94. The fourth-order valence-corrected chi connectivity index (χ4v) is 6.36. The molecule has 318 valence electrons. The minimum absolute atomic E-state index is 0.116. The molecule has 0 bridgehead atoms. The first kappa shape index (κ1) is 52.1. The molecule has 2 amide bonds. The molecule has 0 aromatic carbocycles. The molecule has 2 unspecified atom stereocenters. The summed E-state index contributed by atoms with van der Waals surface area (Å²) >= 11 is 0. The average Bonchev–Trinajstić information content (AvgIpc) is 3.17. The van der Waals surface area contributed by atoms with Gasteiger partial charge in [0.25, 0.3) is 0 Å². The number of amides is 2. The smallest absolute Gasteiger partial charge is 0.328 e. The molecular weight excluding hydrogens is 693 g/mol. The largest absolute Gasteiger partial charge is 0.480 e. The maximum Gasteiger partial charge on any atom is 0.328 e. The number of ether oxygens (including phenoxy) is 1. The van der Waals surface area contributed by atoms with Crippen LogP contribution in [0.3, 0.4) is 0 Å². The highest BCUT2D eigenvalue weighted by Gasteiger charge is 2.18. The predicted molar refractivity (Wildman–Crippen MR) is 227 cm³/mol. The molecule has 0 saturated heterocycles. The van der Waals surface area contributed by atoms with E-state index in [2.05, 4.69) is 60.9 Å². The number of hydrogen-bond acceptors (Lipinski definition) is 6. The van der Waals surface area contributed by atoms with Gasteiger partial charge in [-0.1, -0.05) is 153 Å². The third-order valence-corrected chi connectivity index (χ3v) is 9.84.